The summed E-state index contributed by atoms with van der Waals surface area (Å²) in [5, 5.41) is 2.89. The molecule has 4 rings (SSSR count). The van der Waals surface area contributed by atoms with Gasteiger partial charge in [-0.1, -0.05) is 41.9 Å². The van der Waals surface area contributed by atoms with Crippen LogP contribution in [0.2, 0.25) is 5.02 Å². The molecule has 172 valence electrons. The molecule has 0 aromatic heterocycles. The van der Waals surface area contributed by atoms with E-state index in [1.54, 1.807) is 36.4 Å². The summed E-state index contributed by atoms with van der Waals surface area (Å²) in [5.41, 5.74) is 3.52. The van der Waals surface area contributed by atoms with E-state index in [0.717, 1.165) is 21.6 Å². The van der Waals surface area contributed by atoms with Crippen LogP contribution >= 0.6 is 27.5 Å². The number of urea groups is 1. The normalized spacial score (nSPS) is 15.0. The zero-order chi connectivity index (χ0) is 24.4. The molecule has 34 heavy (non-hydrogen) atoms. The highest BCUT2D eigenvalue weighted by molar-refractivity contribution is 9.10. The number of benzene rings is 3. The Morgan fingerprint density at radius 2 is 1.79 bits per heavy atom. The zero-order valence-electron chi connectivity index (χ0n) is 18.4. The third kappa shape index (κ3) is 4.90. The number of rotatable bonds is 5. The van der Waals surface area contributed by atoms with Gasteiger partial charge in [-0.2, -0.15) is 0 Å². The number of carbonyl (C=O) groups excluding carboxylic acids is 3. The number of nitrogens with zero attached hydrogens (tertiary/aromatic N) is 1. The predicted octanol–water partition coefficient (Wildman–Crippen LogP) is 5.96. The molecule has 1 saturated heterocycles. The van der Waals surface area contributed by atoms with E-state index in [1.807, 2.05) is 38.1 Å². The number of aryl methyl sites for hydroxylation is 1. The smallest absolute Gasteiger partial charge is 0.335 e. The first-order valence-corrected chi connectivity index (χ1v) is 11.6. The van der Waals surface area contributed by atoms with Crippen molar-refractivity contribution < 1.29 is 19.1 Å². The number of nitrogens with one attached hydrogen (secondary N) is 1. The van der Waals surface area contributed by atoms with Crippen molar-refractivity contribution in [3.8, 4) is 5.75 Å². The molecule has 3 aromatic carbocycles. The van der Waals surface area contributed by atoms with Gasteiger partial charge in [0, 0.05) is 5.02 Å². The number of hydrogen-bond acceptors (Lipinski definition) is 4. The summed E-state index contributed by atoms with van der Waals surface area (Å²) in [7, 11) is 0. The second kappa shape index (κ2) is 9.83. The van der Waals surface area contributed by atoms with Gasteiger partial charge in [0.1, 0.15) is 17.9 Å². The molecule has 1 N–H and O–H groups in total. The molecule has 0 aliphatic carbocycles. The van der Waals surface area contributed by atoms with E-state index >= 15 is 0 Å². The fourth-order valence-electron chi connectivity index (χ4n) is 3.53. The third-order valence-electron chi connectivity index (χ3n) is 5.47. The van der Waals surface area contributed by atoms with Crippen LogP contribution in [0.15, 0.2) is 70.7 Å². The van der Waals surface area contributed by atoms with Crippen LogP contribution in [0.25, 0.3) is 6.08 Å². The van der Waals surface area contributed by atoms with Crippen molar-refractivity contribution in [2.75, 3.05) is 4.90 Å². The van der Waals surface area contributed by atoms with Crippen LogP contribution in [-0.2, 0) is 16.2 Å². The van der Waals surface area contributed by atoms with E-state index in [1.165, 1.54) is 6.08 Å². The summed E-state index contributed by atoms with van der Waals surface area (Å²) in [6.07, 6.45) is 1.45. The molecule has 0 spiro atoms. The minimum absolute atomic E-state index is 0.139. The molecule has 0 saturated carbocycles. The number of anilines is 1. The Kier molecular flexibility index (Phi) is 6.86. The van der Waals surface area contributed by atoms with Gasteiger partial charge < -0.3 is 4.74 Å². The molecule has 0 bridgehead atoms. The maximum Gasteiger partial charge on any atom is 0.335 e. The SMILES string of the molecule is Cc1cccc(N2C(=O)NC(=O)/C(=C\c3ccc(OCc4cccc(Cl)c4)c(Br)c3)C2=O)c1C. The first-order chi connectivity index (χ1) is 16.2. The summed E-state index contributed by atoms with van der Waals surface area (Å²) < 4.78 is 6.50. The zero-order valence-corrected chi connectivity index (χ0v) is 20.7. The van der Waals surface area contributed by atoms with Crippen LogP contribution in [0, 0.1) is 13.8 Å². The summed E-state index contributed by atoms with van der Waals surface area (Å²) in [4.78, 5) is 39.2. The lowest BCUT2D eigenvalue weighted by Crippen LogP contribution is -2.54. The summed E-state index contributed by atoms with van der Waals surface area (Å²) >= 11 is 9.49. The second-order valence-electron chi connectivity index (χ2n) is 7.79. The predicted molar refractivity (Wildman–Crippen MR) is 135 cm³/mol. The topological polar surface area (TPSA) is 75.7 Å². The van der Waals surface area contributed by atoms with Gasteiger partial charge in [0.05, 0.1) is 10.2 Å². The van der Waals surface area contributed by atoms with Crippen LogP contribution in [0.4, 0.5) is 10.5 Å². The fourth-order valence-corrected chi connectivity index (χ4v) is 4.26. The largest absolute Gasteiger partial charge is 0.488 e. The molecular formula is C26H20BrClN2O4. The second-order valence-corrected chi connectivity index (χ2v) is 9.08. The van der Waals surface area contributed by atoms with Crippen LogP contribution in [0.1, 0.15) is 22.3 Å². The van der Waals surface area contributed by atoms with Crippen LogP contribution in [0.5, 0.6) is 5.75 Å². The van der Waals surface area contributed by atoms with Crippen molar-refractivity contribution in [3.63, 3.8) is 0 Å². The van der Waals surface area contributed by atoms with E-state index < -0.39 is 17.8 Å². The molecule has 1 aliphatic rings. The van der Waals surface area contributed by atoms with Crippen molar-refractivity contribution in [2.24, 2.45) is 0 Å². The fraction of sp³-hybridized carbons (Fsp3) is 0.115. The van der Waals surface area contributed by atoms with Crippen molar-refractivity contribution in [1.82, 2.24) is 5.32 Å². The Hall–Kier alpha value is -3.42. The number of halogens is 2. The minimum Gasteiger partial charge on any atom is -0.488 e. The number of carbonyl (C=O) groups is 3. The Balaban J connectivity index is 1.59. The Morgan fingerprint density at radius 1 is 1.03 bits per heavy atom. The Labute approximate surface area is 210 Å². The van der Waals surface area contributed by atoms with Crippen molar-refractivity contribution in [1.29, 1.82) is 0 Å². The maximum atomic E-state index is 13.2. The monoisotopic (exact) mass is 538 g/mol. The molecule has 1 aliphatic heterocycles. The molecule has 8 heteroatoms. The quantitative estimate of drug-likeness (QED) is 0.320. The first-order valence-electron chi connectivity index (χ1n) is 10.4. The van der Waals surface area contributed by atoms with Gasteiger partial charge in [-0.15, -0.1) is 0 Å². The average Bonchev–Trinajstić information content (AvgIpc) is 2.79. The van der Waals surface area contributed by atoms with E-state index in [4.69, 9.17) is 16.3 Å². The highest BCUT2D eigenvalue weighted by atomic mass is 79.9. The van der Waals surface area contributed by atoms with Gasteiger partial charge in [0.15, 0.2) is 0 Å². The van der Waals surface area contributed by atoms with E-state index in [9.17, 15) is 14.4 Å². The number of ether oxygens (including phenoxy) is 1. The number of barbiturate groups is 1. The maximum absolute atomic E-state index is 13.2. The lowest BCUT2D eigenvalue weighted by Gasteiger charge is -2.28. The van der Waals surface area contributed by atoms with E-state index in [-0.39, 0.29) is 5.57 Å². The summed E-state index contributed by atoms with van der Waals surface area (Å²) in [6.45, 7) is 4.04. The van der Waals surface area contributed by atoms with Crippen molar-refractivity contribution in [2.45, 2.75) is 20.5 Å². The molecule has 6 nitrogen and oxygen atoms in total. The van der Waals surface area contributed by atoms with Crippen molar-refractivity contribution in [3.05, 3.63) is 98.0 Å². The van der Waals surface area contributed by atoms with Gasteiger partial charge in [0.25, 0.3) is 11.8 Å². The van der Waals surface area contributed by atoms with E-state index in [0.29, 0.717) is 33.1 Å². The standard InChI is InChI=1S/C26H20BrClN2O4/c1-15-5-3-8-22(16(15)2)30-25(32)20(24(31)29-26(30)33)12-17-9-10-23(21(27)13-17)34-14-18-6-4-7-19(28)11-18/h3-13H,14H2,1-2H3,(H,29,31,33)/b20-12+. The average molecular weight is 540 g/mol. The Bertz CT molecular complexity index is 1350. The van der Waals surface area contributed by atoms with E-state index in [2.05, 4.69) is 21.2 Å². The van der Waals surface area contributed by atoms with Gasteiger partial charge in [-0.05, 0) is 88.4 Å². The molecule has 1 heterocycles. The van der Waals surface area contributed by atoms with Gasteiger partial charge in [-0.3, -0.25) is 14.9 Å². The lowest BCUT2D eigenvalue weighted by atomic mass is 10.0. The molecule has 3 aromatic rings. The summed E-state index contributed by atoms with van der Waals surface area (Å²) in [6, 6.07) is 17.1. The highest BCUT2D eigenvalue weighted by Crippen LogP contribution is 2.30. The molecule has 1 fully saturated rings. The van der Waals surface area contributed by atoms with Crippen LogP contribution < -0.4 is 15.0 Å². The Morgan fingerprint density at radius 3 is 2.53 bits per heavy atom. The molecule has 0 unspecified atom stereocenters. The van der Waals surface area contributed by atoms with Gasteiger partial charge in [0.2, 0.25) is 0 Å². The van der Waals surface area contributed by atoms with Crippen molar-refractivity contribution >= 4 is 57.1 Å². The molecule has 0 radical (unpaired) electrons. The number of imide groups is 2. The third-order valence-corrected chi connectivity index (χ3v) is 6.32. The minimum atomic E-state index is -0.771. The van der Waals surface area contributed by atoms with Gasteiger partial charge >= 0.3 is 6.03 Å². The van der Waals surface area contributed by atoms with Crippen LogP contribution in [0.3, 0.4) is 0 Å². The molecular weight excluding hydrogens is 520 g/mol. The van der Waals surface area contributed by atoms with Crippen LogP contribution in [-0.4, -0.2) is 17.8 Å². The van der Waals surface area contributed by atoms with Gasteiger partial charge in [-0.25, -0.2) is 9.69 Å². The summed E-state index contributed by atoms with van der Waals surface area (Å²) in [5.74, 6) is -0.831. The number of hydrogen-bond donors (Lipinski definition) is 1. The lowest BCUT2D eigenvalue weighted by molar-refractivity contribution is -0.122. The molecule has 0 atom stereocenters. The number of amides is 4. The highest BCUT2D eigenvalue weighted by Gasteiger charge is 2.37. The molecule has 4 amide bonds. The first kappa shape index (κ1) is 23.7.